The summed E-state index contributed by atoms with van der Waals surface area (Å²) in [6, 6.07) is 29.8. The summed E-state index contributed by atoms with van der Waals surface area (Å²) in [5.41, 5.74) is 4.29. The number of carbonyl (C=O) groups excluding carboxylic acids is 2. The van der Waals surface area contributed by atoms with Crippen molar-refractivity contribution in [3.05, 3.63) is 113 Å². The minimum atomic E-state index is -0.427. The van der Waals surface area contributed by atoms with Crippen LogP contribution < -0.4 is 5.32 Å². The topological polar surface area (TPSA) is 55.4 Å². The number of hydrogen-bond donors (Lipinski definition) is 1. The number of nitrogens with one attached hydrogen (secondary N) is 1. The fourth-order valence-corrected chi connectivity index (χ4v) is 5.23. The second kappa shape index (κ2) is 10.9. The third-order valence-corrected chi connectivity index (χ3v) is 6.69. The molecule has 1 heterocycles. The number of hydrogen-bond acceptors (Lipinski definition) is 4. The van der Waals surface area contributed by atoms with Crippen molar-refractivity contribution in [2.24, 2.45) is 0 Å². The summed E-state index contributed by atoms with van der Waals surface area (Å²) < 4.78 is 5.36. The Morgan fingerprint density at radius 3 is 1.91 bits per heavy atom. The Balaban J connectivity index is 1.66. The molecule has 172 valence electrons. The van der Waals surface area contributed by atoms with E-state index in [4.69, 9.17) is 4.74 Å². The van der Waals surface area contributed by atoms with E-state index >= 15 is 0 Å². The van der Waals surface area contributed by atoms with Crippen LogP contribution in [-0.2, 0) is 9.53 Å². The molecule has 0 radical (unpaired) electrons. The minimum absolute atomic E-state index is 0.0944. The smallest absolute Gasteiger partial charge is 0.341 e. The van der Waals surface area contributed by atoms with E-state index in [0.29, 0.717) is 10.6 Å². The molecule has 0 atom stereocenters. The molecule has 1 amide bonds. The summed E-state index contributed by atoms with van der Waals surface area (Å²) >= 11 is 1.40. The van der Waals surface area contributed by atoms with Crippen molar-refractivity contribution >= 4 is 28.2 Å². The molecule has 0 aliphatic heterocycles. The van der Waals surface area contributed by atoms with Gasteiger partial charge < -0.3 is 10.1 Å². The summed E-state index contributed by atoms with van der Waals surface area (Å²) in [7, 11) is 0. The highest BCUT2D eigenvalue weighted by Crippen LogP contribution is 2.41. The van der Waals surface area contributed by atoms with E-state index < -0.39 is 5.97 Å². The highest BCUT2D eigenvalue weighted by molar-refractivity contribution is 7.17. The van der Waals surface area contributed by atoms with E-state index in [2.05, 4.69) is 5.32 Å². The average molecular weight is 470 g/mol. The molecule has 0 aliphatic carbocycles. The Bertz CT molecular complexity index is 1210. The van der Waals surface area contributed by atoms with Crippen LogP contribution in [0.2, 0.25) is 0 Å². The zero-order valence-corrected chi connectivity index (χ0v) is 20.1. The summed E-state index contributed by atoms with van der Waals surface area (Å²) in [5, 5.41) is 3.56. The molecular formula is C29H27NO3S. The second-order valence-corrected chi connectivity index (χ2v) is 9.17. The predicted octanol–water partition coefficient (Wildman–Crippen LogP) is 7.06. The van der Waals surface area contributed by atoms with Gasteiger partial charge in [0.25, 0.3) is 0 Å². The van der Waals surface area contributed by atoms with E-state index in [1.54, 1.807) is 6.92 Å². The molecule has 0 saturated heterocycles. The van der Waals surface area contributed by atoms with Crippen molar-refractivity contribution in [2.45, 2.75) is 26.2 Å². The van der Waals surface area contributed by atoms with Gasteiger partial charge in [0.2, 0.25) is 5.91 Å². The first-order valence-electron chi connectivity index (χ1n) is 11.3. The lowest BCUT2D eigenvalue weighted by Crippen LogP contribution is -2.18. The Morgan fingerprint density at radius 2 is 1.38 bits per heavy atom. The Labute approximate surface area is 204 Å². The van der Waals surface area contributed by atoms with E-state index in [1.165, 1.54) is 11.3 Å². The van der Waals surface area contributed by atoms with Crippen LogP contribution in [0, 0.1) is 6.92 Å². The zero-order valence-electron chi connectivity index (χ0n) is 19.3. The van der Waals surface area contributed by atoms with Crippen molar-refractivity contribution in [3.8, 4) is 11.1 Å². The number of benzene rings is 3. The molecular weight excluding hydrogens is 442 g/mol. The van der Waals surface area contributed by atoms with E-state index in [-0.39, 0.29) is 24.9 Å². The van der Waals surface area contributed by atoms with Gasteiger partial charge in [0.15, 0.2) is 0 Å². The van der Waals surface area contributed by atoms with Crippen molar-refractivity contribution in [3.63, 3.8) is 0 Å². The summed E-state index contributed by atoms with van der Waals surface area (Å²) in [5.74, 6) is -0.670. The summed E-state index contributed by atoms with van der Waals surface area (Å²) in [6.45, 7) is 4.00. The Morgan fingerprint density at radius 1 is 0.853 bits per heavy atom. The van der Waals surface area contributed by atoms with Gasteiger partial charge in [-0.3, -0.25) is 4.79 Å². The largest absolute Gasteiger partial charge is 0.462 e. The normalized spacial score (nSPS) is 10.8. The van der Waals surface area contributed by atoms with Crippen LogP contribution in [0.3, 0.4) is 0 Å². The number of amides is 1. The van der Waals surface area contributed by atoms with Gasteiger partial charge in [-0.05, 0) is 30.5 Å². The molecule has 4 rings (SSSR count). The molecule has 4 aromatic rings. The number of esters is 1. The van der Waals surface area contributed by atoms with E-state index in [1.807, 2.05) is 97.9 Å². The number of carbonyl (C=O) groups is 2. The molecule has 4 nitrogen and oxygen atoms in total. The van der Waals surface area contributed by atoms with Crippen molar-refractivity contribution in [1.82, 2.24) is 0 Å². The minimum Gasteiger partial charge on any atom is -0.462 e. The molecule has 5 heteroatoms. The fraction of sp³-hybridized carbons (Fsp3) is 0.172. The first kappa shape index (κ1) is 23.5. The Kier molecular flexibility index (Phi) is 7.55. The molecule has 0 spiro atoms. The van der Waals surface area contributed by atoms with Gasteiger partial charge in [-0.2, -0.15) is 0 Å². The first-order chi connectivity index (χ1) is 16.6. The number of ether oxygens (including phenoxy) is 1. The molecule has 0 fully saturated rings. The lowest BCUT2D eigenvalue weighted by atomic mass is 9.88. The van der Waals surface area contributed by atoms with E-state index in [9.17, 15) is 9.59 Å². The molecule has 1 aromatic heterocycles. The second-order valence-electron chi connectivity index (χ2n) is 7.95. The Hall–Kier alpha value is -3.70. The van der Waals surface area contributed by atoms with Crippen LogP contribution in [0.1, 0.15) is 45.6 Å². The molecule has 1 N–H and O–H groups in total. The molecule has 0 aliphatic rings. The number of thiophene rings is 1. The number of rotatable bonds is 8. The summed E-state index contributed by atoms with van der Waals surface area (Å²) in [4.78, 5) is 27.2. The van der Waals surface area contributed by atoms with Gasteiger partial charge in [0.1, 0.15) is 10.6 Å². The van der Waals surface area contributed by atoms with Gasteiger partial charge >= 0.3 is 5.97 Å². The molecule has 0 unspecified atom stereocenters. The zero-order chi connectivity index (χ0) is 23.9. The van der Waals surface area contributed by atoms with Crippen molar-refractivity contribution < 1.29 is 14.3 Å². The average Bonchev–Trinajstić information content (AvgIpc) is 3.19. The quantitative estimate of drug-likeness (QED) is 0.281. The van der Waals surface area contributed by atoms with Crippen LogP contribution in [0.4, 0.5) is 5.00 Å². The van der Waals surface area contributed by atoms with Crippen LogP contribution in [0.15, 0.2) is 91.0 Å². The highest BCUT2D eigenvalue weighted by Gasteiger charge is 2.26. The third kappa shape index (κ3) is 5.26. The number of anilines is 1. The van der Waals surface area contributed by atoms with Crippen LogP contribution in [0.5, 0.6) is 0 Å². The first-order valence-corrected chi connectivity index (χ1v) is 12.2. The molecule has 0 saturated carbocycles. The van der Waals surface area contributed by atoms with Gasteiger partial charge in [-0.25, -0.2) is 4.79 Å². The van der Waals surface area contributed by atoms with Crippen LogP contribution >= 0.6 is 11.3 Å². The van der Waals surface area contributed by atoms with Gasteiger partial charge in [-0.1, -0.05) is 91.0 Å². The summed E-state index contributed by atoms with van der Waals surface area (Å²) in [6.07, 6.45) is 0.258. The van der Waals surface area contributed by atoms with Crippen molar-refractivity contribution in [2.75, 3.05) is 11.9 Å². The lowest BCUT2D eigenvalue weighted by molar-refractivity contribution is -0.116. The monoisotopic (exact) mass is 469 g/mol. The maximum absolute atomic E-state index is 13.3. The maximum Gasteiger partial charge on any atom is 0.341 e. The fourth-order valence-electron chi connectivity index (χ4n) is 4.15. The van der Waals surface area contributed by atoms with Crippen LogP contribution in [0.25, 0.3) is 11.1 Å². The molecule has 0 bridgehead atoms. The SMILES string of the molecule is CCOC(=O)c1c(NC(=O)CC(c2ccccc2)c2ccccc2)sc(C)c1-c1ccccc1. The lowest BCUT2D eigenvalue weighted by Gasteiger charge is -2.18. The molecule has 34 heavy (non-hydrogen) atoms. The van der Waals surface area contributed by atoms with Gasteiger partial charge in [-0.15, -0.1) is 11.3 Å². The predicted molar refractivity (Wildman–Crippen MR) is 138 cm³/mol. The van der Waals surface area contributed by atoms with Crippen LogP contribution in [-0.4, -0.2) is 18.5 Å². The van der Waals surface area contributed by atoms with E-state index in [0.717, 1.165) is 27.1 Å². The third-order valence-electron chi connectivity index (χ3n) is 5.67. The number of aryl methyl sites for hydroxylation is 1. The highest BCUT2D eigenvalue weighted by atomic mass is 32.1. The molecule has 3 aromatic carbocycles. The van der Waals surface area contributed by atoms with Gasteiger partial charge in [0.05, 0.1) is 6.61 Å². The van der Waals surface area contributed by atoms with Gasteiger partial charge in [0, 0.05) is 22.8 Å². The maximum atomic E-state index is 13.3. The standard InChI is InChI=1S/C29H27NO3S/c1-3-33-29(32)27-26(23-17-11-6-12-18-23)20(2)34-28(27)30-25(31)19-24(21-13-7-4-8-14-21)22-15-9-5-10-16-22/h4-18,24H,3,19H2,1-2H3,(H,30,31). The van der Waals surface area contributed by atoms with Crippen molar-refractivity contribution in [1.29, 1.82) is 0 Å².